The molecule has 2 aromatic rings. The fourth-order valence-corrected chi connectivity index (χ4v) is 4.71. The lowest BCUT2D eigenvalue weighted by molar-refractivity contribution is -0.120. The van der Waals surface area contributed by atoms with Crippen LogP contribution in [0, 0.1) is 11.6 Å². The van der Waals surface area contributed by atoms with Crippen molar-refractivity contribution in [1.82, 2.24) is 10.6 Å². The van der Waals surface area contributed by atoms with Crippen molar-refractivity contribution in [2.75, 3.05) is 6.54 Å². The highest BCUT2D eigenvalue weighted by atomic mass is 19.1. The molecule has 2 atom stereocenters. The number of carbonyl (C=O) groups is 1. The van der Waals surface area contributed by atoms with Crippen molar-refractivity contribution in [3.05, 3.63) is 70.8 Å². The lowest BCUT2D eigenvalue weighted by atomic mass is 9.85. The number of hydrogen-bond donors (Lipinski definition) is 3. The van der Waals surface area contributed by atoms with Gasteiger partial charge in [-0.25, -0.2) is 8.78 Å². The molecule has 0 spiro atoms. The number of aliphatic hydroxyl groups excluding tert-OH is 1. The average Bonchev–Trinajstić information content (AvgIpc) is 3.21. The molecule has 4 nitrogen and oxygen atoms in total. The van der Waals surface area contributed by atoms with E-state index in [0.717, 1.165) is 31.7 Å². The van der Waals surface area contributed by atoms with Crippen LogP contribution in [-0.2, 0) is 16.8 Å². The third-order valence-electron chi connectivity index (χ3n) is 6.44. The molecule has 32 heavy (non-hydrogen) atoms. The fraction of sp³-hybridized carbons (Fsp3) is 0.500. The molecule has 2 aromatic carbocycles. The van der Waals surface area contributed by atoms with E-state index in [0.29, 0.717) is 11.5 Å². The van der Waals surface area contributed by atoms with Gasteiger partial charge in [0, 0.05) is 25.1 Å². The summed E-state index contributed by atoms with van der Waals surface area (Å²) in [6.45, 7) is 5.97. The van der Waals surface area contributed by atoms with Gasteiger partial charge < -0.3 is 15.7 Å². The standard InChI is InChI=1S/C26H34F2N2O2/c1-17(2)20-7-6-8-21(14-20)26(9-4-5-10-26)29-16-25(32)24(30-18(3)31)13-19-11-22(27)15-23(28)12-19/h6-8,11-12,14-15,17,24-25,29,32H,4-5,9-10,13,16H2,1-3H3,(H,30,31). The van der Waals surface area contributed by atoms with Crippen LogP contribution in [0.3, 0.4) is 0 Å². The Balaban J connectivity index is 1.76. The van der Waals surface area contributed by atoms with Gasteiger partial charge in [0.2, 0.25) is 5.91 Å². The fourth-order valence-electron chi connectivity index (χ4n) is 4.71. The number of halogens is 2. The summed E-state index contributed by atoms with van der Waals surface area (Å²) >= 11 is 0. The zero-order chi connectivity index (χ0) is 23.3. The Hall–Kier alpha value is -2.31. The molecule has 1 aliphatic carbocycles. The minimum Gasteiger partial charge on any atom is -0.390 e. The Morgan fingerprint density at radius 1 is 1.09 bits per heavy atom. The first-order chi connectivity index (χ1) is 15.2. The molecular weight excluding hydrogens is 410 g/mol. The summed E-state index contributed by atoms with van der Waals surface area (Å²) in [6, 6.07) is 11.2. The summed E-state index contributed by atoms with van der Waals surface area (Å²) in [7, 11) is 0. The van der Waals surface area contributed by atoms with Crippen molar-refractivity contribution in [2.24, 2.45) is 0 Å². The minimum absolute atomic E-state index is 0.132. The number of rotatable bonds is 9. The molecule has 3 rings (SSSR count). The van der Waals surface area contributed by atoms with Gasteiger partial charge in [-0.2, -0.15) is 0 Å². The van der Waals surface area contributed by atoms with Crippen LogP contribution >= 0.6 is 0 Å². The zero-order valence-electron chi connectivity index (χ0n) is 19.1. The first kappa shape index (κ1) is 24.3. The van der Waals surface area contributed by atoms with E-state index in [-0.39, 0.29) is 24.4 Å². The molecule has 2 unspecified atom stereocenters. The Morgan fingerprint density at radius 2 is 1.75 bits per heavy atom. The van der Waals surface area contributed by atoms with Gasteiger partial charge in [0.05, 0.1) is 12.1 Å². The highest BCUT2D eigenvalue weighted by Crippen LogP contribution is 2.39. The van der Waals surface area contributed by atoms with Gasteiger partial charge in [-0.1, -0.05) is 51.0 Å². The van der Waals surface area contributed by atoms with E-state index in [9.17, 15) is 18.7 Å². The molecule has 0 saturated heterocycles. The molecule has 1 aliphatic rings. The lowest BCUT2D eigenvalue weighted by Crippen LogP contribution is -2.51. The van der Waals surface area contributed by atoms with E-state index < -0.39 is 23.8 Å². The van der Waals surface area contributed by atoms with Crippen LogP contribution in [0.1, 0.15) is 69.1 Å². The molecule has 0 aliphatic heterocycles. The first-order valence-electron chi connectivity index (χ1n) is 11.4. The highest BCUT2D eigenvalue weighted by Gasteiger charge is 2.36. The topological polar surface area (TPSA) is 61.4 Å². The summed E-state index contributed by atoms with van der Waals surface area (Å²) in [5, 5.41) is 17.3. The van der Waals surface area contributed by atoms with Crippen LogP contribution in [0.2, 0.25) is 0 Å². The van der Waals surface area contributed by atoms with Gasteiger partial charge in [0.1, 0.15) is 11.6 Å². The quantitative estimate of drug-likeness (QED) is 0.532. The second-order valence-electron chi connectivity index (χ2n) is 9.31. The molecule has 174 valence electrons. The van der Waals surface area contributed by atoms with Crippen molar-refractivity contribution < 1.29 is 18.7 Å². The third-order valence-corrected chi connectivity index (χ3v) is 6.44. The number of nitrogens with one attached hydrogen (secondary N) is 2. The van der Waals surface area contributed by atoms with Crippen molar-refractivity contribution in [3.63, 3.8) is 0 Å². The van der Waals surface area contributed by atoms with Gasteiger partial charge in [-0.05, 0) is 54.0 Å². The van der Waals surface area contributed by atoms with Gasteiger partial charge in [-0.15, -0.1) is 0 Å². The van der Waals surface area contributed by atoms with Crippen molar-refractivity contribution in [1.29, 1.82) is 0 Å². The van der Waals surface area contributed by atoms with Gasteiger partial charge >= 0.3 is 0 Å². The summed E-state index contributed by atoms with van der Waals surface area (Å²) in [6.07, 6.45) is 3.37. The van der Waals surface area contributed by atoms with E-state index in [4.69, 9.17) is 0 Å². The van der Waals surface area contributed by atoms with Crippen LogP contribution in [0.4, 0.5) is 8.78 Å². The Bertz CT molecular complexity index is 906. The predicted molar refractivity (Wildman–Crippen MR) is 122 cm³/mol. The van der Waals surface area contributed by atoms with Crippen molar-refractivity contribution in [3.8, 4) is 0 Å². The van der Waals surface area contributed by atoms with Gasteiger partial charge in [-0.3, -0.25) is 4.79 Å². The molecule has 3 N–H and O–H groups in total. The Labute approximate surface area is 189 Å². The monoisotopic (exact) mass is 444 g/mol. The van der Waals surface area contributed by atoms with Gasteiger partial charge in [0.15, 0.2) is 0 Å². The highest BCUT2D eigenvalue weighted by molar-refractivity contribution is 5.73. The second-order valence-corrected chi connectivity index (χ2v) is 9.31. The van der Waals surface area contributed by atoms with Crippen LogP contribution in [0.25, 0.3) is 0 Å². The summed E-state index contributed by atoms with van der Waals surface area (Å²) in [4.78, 5) is 11.7. The van der Waals surface area contributed by atoms with Crippen LogP contribution in [-0.4, -0.2) is 29.7 Å². The molecule has 1 fully saturated rings. The summed E-state index contributed by atoms with van der Waals surface area (Å²) in [5.74, 6) is -1.23. The molecule has 6 heteroatoms. The van der Waals surface area contributed by atoms with E-state index in [2.05, 4.69) is 48.7 Å². The maximum Gasteiger partial charge on any atom is 0.217 e. The number of aliphatic hydroxyl groups is 1. The van der Waals surface area contributed by atoms with Crippen molar-refractivity contribution in [2.45, 2.75) is 76.5 Å². The zero-order valence-corrected chi connectivity index (χ0v) is 19.1. The Morgan fingerprint density at radius 3 is 2.34 bits per heavy atom. The molecule has 0 heterocycles. The molecule has 0 aromatic heterocycles. The van der Waals surface area contributed by atoms with E-state index in [1.807, 2.05) is 0 Å². The normalized spacial score (nSPS) is 17.3. The predicted octanol–water partition coefficient (Wildman–Crippen LogP) is 4.56. The number of amides is 1. The first-order valence-corrected chi connectivity index (χ1v) is 11.4. The summed E-state index contributed by atoms with van der Waals surface area (Å²) < 4.78 is 27.2. The maximum atomic E-state index is 13.6. The Kier molecular flexibility index (Phi) is 8.01. The average molecular weight is 445 g/mol. The van der Waals surface area contributed by atoms with Gasteiger partial charge in [0.25, 0.3) is 0 Å². The van der Waals surface area contributed by atoms with E-state index in [1.165, 1.54) is 30.2 Å². The lowest BCUT2D eigenvalue weighted by Gasteiger charge is -2.34. The van der Waals surface area contributed by atoms with Crippen LogP contribution in [0.5, 0.6) is 0 Å². The van der Waals surface area contributed by atoms with Crippen LogP contribution in [0.15, 0.2) is 42.5 Å². The maximum absolute atomic E-state index is 13.6. The molecule has 1 amide bonds. The molecular formula is C26H34F2N2O2. The van der Waals surface area contributed by atoms with E-state index >= 15 is 0 Å². The molecule has 1 saturated carbocycles. The molecule has 0 bridgehead atoms. The third kappa shape index (κ3) is 6.14. The smallest absolute Gasteiger partial charge is 0.217 e. The number of benzene rings is 2. The largest absolute Gasteiger partial charge is 0.390 e. The molecule has 0 radical (unpaired) electrons. The second kappa shape index (κ2) is 10.5. The SMILES string of the molecule is CC(=O)NC(Cc1cc(F)cc(F)c1)C(O)CNC1(c2cccc(C(C)C)c2)CCCC1. The number of hydrogen-bond acceptors (Lipinski definition) is 3. The minimum atomic E-state index is -0.920. The van der Waals surface area contributed by atoms with Crippen LogP contribution < -0.4 is 10.6 Å². The van der Waals surface area contributed by atoms with E-state index in [1.54, 1.807) is 0 Å². The number of carbonyl (C=O) groups excluding carboxylic acids is 1. The summed E-state index contributed by atoms with van der Waals surface area (Å²) in [5.41, 5.74) is 2.66. The van der Waals surface area contributed by atoms with Crippen molar-refractivity contribution >= 4 is 5.91 Å².